The molecule has 2 rings (SSSR count). The number of halogens is 2. The summed E-state index contributed by atoms with van der Waals surface area (Å²) in [5.41, 5.74) is -0.306. The second kappa shape index (κ2) is 7.20. The van der Waals surface area contributed by atoms with Crippen LogP contribution in [0, 0.1) is 11.6 Å². The van der Waals surface area contributed by atoms with Crippen molar-refractivity contribution in [2.45, 2.75) is 32.9 Å². The predicted octanol–water partition coefficient (Wildman–Crippen LogP) is 2.93. The Morgan fingerprint density at radius 2 is 1.79 bits per heavy atom. The van der Waals surface area contributed by atoms with Gasteiger partial charge in [-0.25, -0.2) is 18.3 Å². The quantitative estimate of drug-likeness (QED) is 0.852. The van der Waals surface area contributed by atoms with Crippen LogP contribution >= 0.6 is 0 Å². The average molecular weight is 337 g/mol. The fraction of sp³-hybridized carbons (Fsp3) is 0.312. The standard InChI is InChI=1S/C16H17F2N3O3/c1-9(2)21-14(4-5-19-21)20-15(22)10(3)24-16(23)11-6-12(17)8-13(18)7-11/h4-10H,1-3H3,(H,20,22)/t10-/m1/s1. The molecule has 0 saturated carbocycles. The van der Waals surface area contributed by atoms with Gasteiger partial charge in [0.1, 0.15) is 17.5 Å². The number of carbonyl (C=O) groups is 2. The second-order valence-corrected chi connectivity index (χ2v) is 5.45. The highest BCUT2D eigenvalue weighted by Gasteiger charge is 2.21. The van der Waals surface area contributed by atoms with E-state index < -0.39 is 29.6 Å². The molecule has 1 amide bonds. The molecule has 1 aromatic heterocycles. The third-order valence-corrected chi connectivity index (χ3v) is 3.16. The van der Waals surface area contributed by atoms with Gasteiger partial charge in [0.25, 0.3) is 5.91 Å². The molecule has 2 aromatic rings. The predicted molar refractivity (Wildman–Crippen MR) is 82.5 cm³/mol. The minimum absolute atomic E-state index is 0.0309. The molecule has 0 unspecified atom stereocenters. The molecule has 1 heterocycles. The maximum Gasteiger partial charge on any atom is 0.339 e. The van der Waals surface area contributed by atoms with Gasteiger partial charge < -0.3 is 10.1 Å². The SMILES string of the molecule is CC(C)n1nccc1NC(=O)[C@@H](C)OC(=O)c1cc(F)cc(F)c1. The maximum atomic E-state index is 13.1. The molecule has 24 heavy (non-hydrogen) atoms. The van der Waals surface area contributed by atoms with Crippen LogP contribution in [0.5, 0.6) is 0 Å². The molecule has 0 fully saturated rings. The summed E-state index contributed by atoms with van der Waals surface area (Å²) in [7, 11) is 0. The first kappa shape index (κ1) is 17.6. The molecule has 1 N–H and O–H groups in total. The molecular weight excluding hydrogens is 320 g/mol. The van der Waals surface area contributed by atoms with E-state index in [2.05, 4.69) is 10.4 Å². The van der Waals surface area contributed by atoms with E-state index in [1.165, 1.54) is 13.1 Å². The van der Waals surface area contributed by atoms with Crippen LogP contribution in [0.25, 0.3) is 0 Å². The van der Waals surface area contributed by atoms with Crippen LogP contribution in [0.15, 0.2) is 30.5 Å². The maximum absolute atomic E-state index is 13.1. The van der Waals surface area contributed by atoms with Crippen molar-refractivity contribution < 1.29 is 23.1 Å². The van der Waals surface area contributed by atoms with Gasteiger partial charge in [-0.2, -0.15) is 5.10 Å². The number of hydrogen-bond donors (Lipinski definition) is 1. The minimum Gasteiger partial charge on any atom is -0.449 e. The Morgan fingerprint density at radius 3 is 2.38 bits per heavy atom. The van der Waals surface area contributed by atoms with Crippen LogP contribution in [0.2, 0.25) is 0 Å². The zero-order chi connectivity index (χ0) is 17.9. The van der Waals surface area contributed by atoms with Crippen molar-refractivity contribution in [3.63, 3.8) is 0 Å². The van der Waals surface area contributed by atoms with E-state index >= 15 is 0 Å². The molecule has 1 atom stereocenters. The van der Waals surface area contributed by atoms with Crippen molar-refractivity contribution in [3.05, 3.63) is 47.7 Å². The number of carbonyl (C=O) groups excluding carboxylic acids is 2. The molecule has 6 nitrogen and oxygen atoms in total. The first-order valence-electron chi connectivity index (χ1n) is 7.29. The molecule has 0 aliphatic rings. The van der Waals surface area contributed by atoms with Crippen molar-refractivity contribution in [1.82, 2.24) is 9.78 Å². The van der Waals surface area contributed by atoms with Gasteiger partial charge in [-0.3, -0.25) is 4.79 Å². The van der Waals surface area contributed by atoms with Crippen LogP contribution < -0.4 is 5.32 Å². The van der Waals surface area contributed by atoms with E-state index in [4.69, 9.17) is 4.74 Å². The van der Waals surface area contributed by atoms with Crippen molar-refractivity contribution in [1.29, 1.82) is 0 Å². The van der Waals surface area contributed by atoms with Gasteiger partial charge in [0.05, 0.1) is 11.8 Å². The molecule has 0 aliphatic carbocycles. The Labute approximate surface area is 137 Å². The second-order valence-electron chi connectivity index (χ2n) is 5.45. The van der Waals surface area contributed by atoms with Gasteiger partial charge in [0.2, 0.25) is 0 Å². The highest BCUT2D eigenvalue weighted by molar-refractivity contribution is 5.96. The Bertz CT molecular complexity index is 739. The van der Waals surface area contributed by atoms with Crippen LogP contribution in [0.4, 0.5) is 14.6 Å². The number of anilines is 1. The molecule has 0 aliphatic heterocycles. The summed E-state index contributed by atoms with van der Waals surface area (Å²) in [6, 6.07) is 3.95. The third-order valence-electron chi connectivity index (χ3n) is 3.16. The molecule has 1 aromatic carbocycles. The zero-order valence-electron chi connectivity index (χ0n) is 13.4. The first-order chi connectivity index (χ1) is 11.3. The molecular formula is C16H17F2N3O3. The van der Waals surface area contributed by atoms with Gasteiger partial charge in [-0.1, -0.05) is 0 Å². The van der Waals surface area contributed by atoms with Gasteiger partial charge in [-0.15, -0.1) is 0 Å². The Kier molecular flexibility index (Phi) is 5.28. The number of amides is 1. The van der Waals surface area contributed by atoms with Crippen molar-refractivity contribution >= 4 is 17.7 Å². The molecule has 0 bridgehead atoms. The number of nitrogens with zero attached hydrogens (tertiary/aromatic N) is 2. The fourth-order valence-electron chi connectivity index (χ4n) is 2.01. The average Bonchev–Trinajstić information content (AvgIpc) is 2.94. The van der Waals surface area contributed by atoms with Crippen LogP contribution in [-0.4, -0.2) is 27.8 Å². The van der Waals surface area contributed by atoms with Crippen LogP contribution in [0.1, 0.15) is 37.2 Å². The lowest BCUT2D eigenvalue weighted by Crippen LogP contribution is -2.31. The lowest BCUT2D eigenvalue weighted by molar-refractivity contribution is -0.123. The monoisotopic (exact) mass is 337 g/mol. The Hall–Kier alpha value is -2.77. The Morgan fingerprint density at radius 1 is 1.17 bits per heavy atom. The van der Waals surface area contributed by atoms with Gasteiger partial charge >= 0.3 is 5.97 Å². The summed E-state index contributed by atoms with van der Waals surface area (Å²) in [6.07, 6.45) is 0.376. The van der Waals surface area contributed by atoms with Crippen molar-refractivity contribution in [3.8, 4) is 0 Å². The largest absolute Gasteiger partial charge is 0.449 e. The van der Waals surface area contributed by atoms with Crippen LogP contribution in [0.3, 0.4) is 0 Å². The minimum atomic E-state index is -1.15. The zero-order valence-corrected chi connectivity index (χ0v) is 13.4. The van der Waals surface area contributed by atoms with Gasteiger partial charge in [0, 0.05) is 18.2 Å². The normalized spacial score (nSPS) is 12.1. The molecule has 8 heteroatoms. The number of benzene rings is 1. The summed E-state index contributed by atoms with van der Waals surface area (Å²) >= 11 is 0. The van der Waals surface area contributed by atoms with E-state index in [0.29, 0.717) is 11.9 Å². The molecule has 0 saturated heterocycles. The highest BCUT2D eigenvalue weighted by Crippen LogP contribution is 2.14. The van der Waals surface area contributed by atoms with Gasteiger partial charge in [-0.05, 0) is 32.9 Å². The number of rotatable bonds is 5. The van der Waals surface area contributed by atoms with Crippen molar-refractivity contribution in [2.75, 3.05) is 5.32 Å². The summed E-state index contributed by atoms with van der Waals surface area (Å²) in [4.78, 5) is 24.0. The first-order valence-corrected chi connectivity index (χ1v) is 7.29. The smallest absolute Gasteiger partial charge is 0.339 e. The van der Waals surface area contributed by atoms with Crippen LogP contribution in [-0.2, 0) is 9.53 Å². The fourth-order valence-corrected chi connectivity index (χ4v) is 2.01. The molecule has 0 spiro atoms. The summed E-state index contributed by atoms with van der Waals surface area (Å²) in [5.74, 6) is -2.93. The lowest BCUT2D eigenvalue weighted by atomic mass is 10.2. The number of hydrogen-bond acceptors (Lipinski definition) is 4. The lowest BCUT2D eigenvalue weighted by Gasteiger charge is -2.15. The van der Waals surface area contributed by atoms with Gasteiger partial charge in [0.15, 0.2) is 6.10 Å². The topological polar surface area (TPSA) is 73.2 Å². The number of esters is 1. The number of ether oxygens (including phenoxy) is 1. The Balaban J connectivity index is 2.03. The van der Waals surface area contributed by atoms with E-state index in [-0.39, 0.29) is 11.6 Å². The summed E-state index contributed by atoms with van der Waals surface area (Å²) in [5, 5.41) is 6.65. The number of nitrogens with one attached hydrogen (secondary N) is 1. The summed E-state index contributed by atoms with van der Waals surface area (Å²) in [6.45, 7) is 5.15. The van der Waals surface area contributed by atoms with E-state index in [1.807, 2.05) is 13.8 Å². The van der Waals surface area contributed by atoms with Crippen molar-refractivity contribution in [2.24, 2.45) is 0 Å². The van der Waals surface area contributed by atoms with E-state index in [0.717, 1.165) is 12.1 Å². The molecule has 128 valence electrons. The van der Waals surface area contributed by atoms with E-state index in [9.17, 15) is 18.4 Å². The molecule has 0 radical (unpaired) electrons. The third kappa shape index (κ3) is 4.15. The van der Waals surface area contributed by atoms with E-state index in [1.54, 1.807) is 10.7 Å². The summed E-state index contributed by atoms with van der Waals surface area (Å²) < 4.78 is 32.8. The number of aromatic nitrogens is 2. The highest BCUT2D eigenvalue weighted by atomic mass is 19.1.